The monoisotopic (exact) mass is 301 g/mol. The minimum Gasteiger partial charge on any atom is -0.355 e. The highest BCUT2D eigenvalue weighted by Crippen LogP contribution is 2.23. The summed E-state index contributed by atoms with van der Waals surface area (Å²) in [7, 11) is 0.981. The Morgan fingerprint density at radius 2 is 2.05 bits per heavy atom. The molecule has 2 N–H and O–H groups in total. The van der Waals surface area contributed by atoms with Crippen molar-refractivity contribution in [3.05, 3.63) is 0 Å². The predicted molar refractivity (Wildman–Crippen MR) is 88.7 cm³/mol. The van der Waals surface area contributed by atoms with Gasteiger partial charge in [0, 0.05) is 40.9 Å². The number of nitrogens with one attached hydrogen (secondary N) is 2. The molecule has 1 rings (SSSR count). The number of guanidine groups is 1. The summed E-state index contributed by atoms with van der Waals surface area (Å²) >= 11 is 0. The molecule has 0 heterocycles. The van der Waals surface area contributed by atoms with Gasteiger partial charge < -0.3 is 10.6 Å². The van der Waals surface area contributed by atoms with Crippen LogP contribution in [0.3, 0.4) is 0 Å². The van der Waals surface area contributed by atoms with Crippen LogP contribution in [0, 0.1) is 5.92 Å². The molecule has 0 aromatic rings. The van der Waals surface area contributed by atoms with Crippen LogP contribution >= 0.6 is 0 Å². The van der Waals surface area contributed by atoms with Crippen LogP contribution in [0.25, 0.3) is 0 Å². The number of hydrogen-bond donors (Lipinski definition) is 2. The number of aliphatic imine (C=N–C) groups is 1. The quantitative estimate of drug-likeness (QED) is 0.619. The van der Waals surface area contributed by atoms with Crippen LogP contribution in [-0.2, 0) is 10.8 Å². The van der Waals surface area contributed by atoms with E-state index in [1.54, 1.807) is 7.05 Å². The molecule has 0 bridgehead atoms. The van der Waals surface area contributed by atoms with Crippen molar-refractivity contribution >= 4 is 16.8 Å². The van der Waals surface area contributed by atoms with E-state index in [2.05, 4.69) is 22.5 Å². The summed E-state index contributed by atoms with van der Waals surface area (Å²) in [6, 6.07) is 0.526. The van der Waals surface area contributed by atoms with Gasteiger partial charge in [-0.2, -0.15) is 0 Å². The van der Waals surface area contributed by atoms with Crippen LogP contribution in [0.4, 0.5) is 0 Å². The average molecular weight is 302 g/mol. The second-order valence-electron chi connectivity index (χ2n) is 6.77. The van der Waals surface area contributed by atoms with Crippen LogP contribution in [0.1, 0.15) is 53.4 Å². The second-order valence-corrected chi connectivity index (χ2v) is 9.10. The van der Waals surface area contributed by atoms with Crippen LogP contribution in [0.15, 0.2) is 4.99 Å². The molecular weight excluding hydrogens is 270 g/mol. The van der Waals surface area contributed by atoms with Crippen LogP contribution in [0.2, 0.25) is 0 Å². The van der Waals surface area contributed by atoms with E-state index in [1.165, 1.54) is 25.7 Å². The number of rotatable bonds is 4. The lowest BCUT2D eigenvalue weighted by atomic mass is 9.87. The molecule has 20 heavy (non-hydrogen) atoms. The molecule has 1 saturated carbocycles. The fraction of sp³-hybridized carbons (Fsp3) is 0.933. The lowest BCUT2D eigenvalue weighted by Crippen LogP contribution is -2.46. The smallest absolute Gasteiger partial charge is 0.191 e. The molecule has 1 aliphatic carbocycles. The van der Waals surface area contributed by atoms with E-state index in [9.17, 15) is 4.21 Å². The molecule has 0 saturated heterocycles. The maximum Gasteiger partial charge on any atom is 0.191 e. The maximum absolute atomic E-state index is 12.0. The van der Waals surface area contributed by atoms with Gasteiger partial charge in [-0.15, -0.1) is 0 Å². The molecule has 0 radical (unpaired) electrons. The molecule has 0 aliphatic heterocycles. The van der Waals surface area contributed by atoms with Gasteiger partial charge in [-0.3, -0.25) is 9.20 Å². The Labute approximate surface area is 126 Å². The Morgan fingerprint density at radius 1 is 1.35 bits per heavy atom. The third-order valence-corrected chi connectivity index (χ3v) is 5.70. The van der Waals surface area contributed by atoms with Crippen LogP contribution in [-0.4, -0.2) is 40.3 Å². The summed E-state index contributed by atoms with van der Waals surface area (Å²) in [5, 5.41) is 6.77. The van der Waals surface area contributed by atoms with Crippen molar-refractivity contribution in [1.29, 1.82) is 0 Å². The summed E-state index contributed by atoms with van der Waals surface area (Å²) in [4.78, 5) is 4.26. The fourth-order valence-corrected chi connectivity index (χ4v) is 3.42. The third-order valence-electron chi connectivity index (χ3n) is 3.76. The summed E-state index contributed by atoms with van der Waals surface area (Å²) in [5.74, 6) is 2.30. The summed E-state index contributed by atoms with van der Waals surface area (Å²) in [5.41, 5.74) is 0. The van der Waals surface area contributed by atoms with E-state index >= 15 is 0 Å². The van der Waals surface area contributed by atoms with Gasteiger partial charge in [-0.05, 0) is 39.5 Å². The maximum atomic E-state index is 12.0. The van der Waals surface area contributed by atoms with Gasteiger partial charge in [0.25, 0.3) is 0 Å². The van der Waals surface area contributed by atoms with E-state index < -0.39 is 10.8 Å². The van der Waals surface area contributed by atoms with Crippen molar-refractivity contribution in [2.45, 2.75) is 64.2 Å². The lowest BCUT2D eigenvalue weighted by molar-refractivity contribution is 0.324. The van der Waals surface area contributed by atoms with E-state index in [0.29, 0.717) is 18.3 Å². The van der Waals surface area contributed by atoms with Gasteiger partial charge in [-0.25, -0.2) is 0 Å². The van der Waals surface area contributed by atoms with Gasteiger partial charge in [-0.1, -0.05) is 19.8 Å². The SMILES string of the molecule is CN=C(NCCS(=O)C(C)(C)C)NC1CCCC(C)C1. The Hall–Kier alpha value is -0.580. The fourth-order valence-electron chi connectivity index (χ4n) is 2.52. The summed E-state index contributed by atoms with van der Waals surface area (Å²) < 4.78 is 11.8. The lowest BCUT2D eigenvalue weighted by Gasteiger charge is -2.29. The minimum atomic E-state index is -0.813. The predicted octanol–water partition coefficient (Wildman–Crippen LogP) is 2.28. The highest BCUT2D eigenvalue weighted by atomic mass is 32.2. The molecule has 4 nitrogen and oxygen atoms in total. The molecule has 0 amide bonds. The van der Waals surface area contributed by atoms with E-state index in [4.69, 9.17) is 0 Å². The van der Waals surface area contributed by atoms with Crippen molar-refractivity contribution < 1.29 is 4.21 Å². The molecule has 3 unspecified atom stereocenters. The largest absolute Gasteiger partial charge is 0.355 e. The van der Waals surface area contributed by atoms with Crippen molar-refractivity contribution in [2.24, 2.45) is 10.9 Å². The Morgan fingerprint density at radius 3 is 2.60 bits per heavy atom. The highest BCUT2D eigenvalue weighted by molar-refractivity contribution is 7.86. The zero-order valence-corrected chi connectivity index (χ0v) is 14.5. The molecule has 0 aromatic carbocycles. The molecule has 118 valence electrons. The number of nitrogens with zero attached hydrogens (tertiary/aromatic N) is 1. The average Bonchev–Trinajstić information content (AvgIpc) is 2.36. The van der Waals surface area contributed by atoms with Crippen molar-refractivity contribution in [2.75, 3.05) is 19.3 Å². The first-order valence-electron chi connectivity index (χ1n) is 7.68. The first-order valence-corrected chi connectivity index (χ1v) is 9.00. The zero-order chi connectivity index (χ0) is 15.2. The first-order chi connectivity index (χ1) is 9.32. The molecule has 3 atom stereocenters. The zero-order valence-electron chi connectivity index (χ0n) is 13.7. The van der Waals surface area contributed by atoms with Gasteiger partial charge >= 0.3 is 0 Å². The van der Waals surface area contributed by atoms with Gasteiger partial charge in [0.15, 0.2) is 5.96 Å². The molecule has 0 aromatic heterocycles. The van der Waals surface area contributed by atoms with Crippen molar-refractivity contribution in [3.63, 3.8) is 0 Å². The topological polar surface area (TPSA) is 53.5 Å². The summed E-state index contributed by atoms with van der Waals surface area (Å²) in [6.07, 6.45) is 5.08. The highest BCUT2D eigenvalue weighted by Gasteiger charge is 2.21. The Kier molecular flexibility index (Phi) is 7.00. The Bertz CT molecular complexity index is 350. The Balaban J connectivity index is 2.32. The minimum absolute atomic E-state index is 0.141. The molecule has 0 spiro atoms. The second kappa shape index (κ2) is 8.01. The van der Waals surface area contributed by atoms with Gasteiger partial charge in [0.05, 0.1) is 0 Å². The third kappa shape index (κ3) is 6.25. The van der Waals surface area contributed by atoms with Crippen molar-refractivity contribution in [3.8, 4) is 0 Å². The van der Waals surface area contributed by atoms with E-state index in [-0.39, 0.29) is 4.75 Å². The summed E-state index contributed by atoms with van der Waals surface area (Å²) in [6.45, 7) is 9.06. The molecule has 1 fully saturated rings. The standard InChI is InChI=1S/C15H31N3OS/c1-12-7-6-8-13(11-12)18-14(16-5)17-9-10-20(19)15(2,3)4/h12-13H,6-11H2,1-5H3,(H2,16,17,18). The first kappa shape index (κ1) is 17.5. The molecular formula is C15H31N3OS. The van der Waals surface area contributed by atoms with E-state index in [1.807, 2.05) is 20.8 Å². The normalized spacial score (nSPS) is 26.1. The number of hydrogen-bond acceptors (Lipinski definition) is 2. The van der Waals surface area contributed by atoms with Crippen LogP contribution in [0.5, 0.6) is 0 Å². The molecule has 1 aliphatic rings. The van der Waals surface area contributed by atoms with Crippen LogP contribution < -0.4 is 10.6 Å². The van der Waals surface area contributed by atoms with Crippen molar-refractivity contribution in [1.82, 2.24) is 10.6 Å². The van der Waals surface area contributed by atoms with Gasteiger partial charge in [0.2, 0.25) is 0 Å². The van der Waals surface area contributed by atoms with Gasteiger partial charge in [0.1, 0.15) is 0 Å². The molecule has 5 heteroatoms. The van der Waals surface area contributed by atoms with E-state index in [0.717, 1.165) is 11.9 Å².